The fraction of sp³-hybridized carbons (Fsp3) is 0.250. The minimum Gasteiger partial charge on any atom is -0.377 e. The lowest BCUT2D eigenvalue weighted by Crippen LogP contribution is -2.08. The molecule has 0 fully saturated rings. The third-order valence-electron chi connectivity index (χ3n) is 3.51. The number of imidazole rings is 1. The summed E-state index contributed by atoms with van der Waals surface area (Å²) in [6.45, 7) is 5.77. The van der Waals surface area contributed by atoms with Gasteiger partial charge in [0, 0.05) is 6.54 Å². The fourth-order valence-electron chi connectivity index (χ4n) is 2.45. The number of aryl methyl sites for hydroxylation is 2. The van der Waals surface area contributed by atoms with E-state index in [4.69, 9.17) is 4.98 Å². The zero-order chi connectivity index (χ0) is 14.8. The number of rotatable bonds is 4. The van der Waals surface area contributed by atoms with Crippen LogP contribution in [0.25, 0.3) is 11.0 Å². The third kappa shape index (κ3) is 2.78. The summed E-state index contributed by atoms with van der Waals surface area (Å²) in [5, 5.41) is 3.40. The Morgan fingerprint density at radius 2 is 2.10 bits per heavy atom. The molecule has 0 spiro atoms. The van der Waals surface area contributed by atoms with E-state index in [0.29, 0.717) is 6.54 Å². The van der Waals surface area contributed by atoms with E-state index in [0.717, 1.165) is 33.7 Å². The van der Waals surface area contributed by atoms with Crippen molar-refractivity contribution in [1.82, 2.24) is 14.5 Å². The maximum absolute atomic E-state index is 4.71. The van der Waals surface area contributed by atoms with Gasteiger partial charge in [0.1, 0.15) is 10.4 Å². The van der Waals surface area contributed by atoms with E-state index in [1.165, 1.54) is 5.52 Å². The number of aromatic nitrogens is 3. The summed E-state index contributed by atoms with van der Waals surface area (Å²) in [5.41, 5.74) is 4.34. The highest BCUT2D eigenvalue weighted by atomic mass is 79.9. The normalized spacial score (nSPS) is 11.0. The first-order valence-corrected chi connectivity index (χ1v) is 7.78. The largest absolute Gasteiger partial charge is 0.377 e. The fourth-order valence-corrected chi connectivity index (χ4v) is 2.67. The summed E-state index contributed by atoms with van der Waals surface area (Å²) in [5.74, 6) is 1.04. The lowest BCUT2D eigenvalue weighted by atomic mass is 10.3. The number of hydrogen-bond donors (Lipinski definition) is 1. The summed E-state index contributed by atoms with van der Waals surface area (Å²) in [6, 6.07) is 10.3. The molecular formula is C16H17BrN4. The van der Waals surface area contributed by atoms with Crippen molar-refractivity contribution in [1.29, 1.82) is 0 Å². The summed E-state index contributed by atoms with van der Waals surface area (Å²) in [4.78, 5) is 9.01. The smallest absolute Gasteiger partial charge is 0.129 e. The molecule has 0 saturated heterocycles. The van der Waals surface area contributed by atoms with Gasteiger partial charge in [0.15, 0.2) is 0 Å². The Morgan fingerprint density at radius 3 is 2.86 bits per heavy atom. The van der Waals surface area contributed by atoms with Gasteiger partial charge < -0.3 is 9.88 Å². The van der Waals surface area contributed by atoms with Crippen LogP contribution < -0.4 is 5.32 Å². The molecule has 3 rings (SSSR count). The molecule has 0 saturated carbocycles. The molecule has 1 N–H and O–H groups in total. The second kappa shape index (κ2) is 5.85. The van der Waals surface area contributed by atoms with Gasteiger partial charge in [-0.2, -0.15) is 0 Å². The Labute approximate surface area is 132 Å². The van der Waals surface area contributed by atoms with Crippen molar-refractivity contribution in [2.24, 2.45) is 0 Å². The van der Waals surface area contributed by atoms with Gasteiger partial charge in [-0.3, -0.25) is 0 Å². The van der Waals surface area contributed by atoms with Crippen LogP contribution in [0.4, 0.5) is 5.69 Å². The second-order valence-electron chi connectivity index (χ2n) is 4.95. The summed E-state index contributed by atoms with van der Waals surface area (Å²) >= 11 is 3.42. The van der Waals surface area contributed by atoms with Crippen LogP contribution in [-0.2, 0) is 13.1 Å². The van der Waals surface area contributed by atoms with Crippen molar-refractivity contribution in [3.8, 4) is 0 Å². The SMILES string of the molecule is CCn1c(CNc2cnc(Br)c(C)c2)nc2ccccc21. The van der Waals surface area contributed by atoms with Crippen LogP contribution in [-0.4, -0.2) is 14.5 Å². The number of benzene rings is 1. The van der Waals surface area contributed by atoms with Gasteiger partial charge >= 0.3 is 0 Å². The molecule has 0 radical (unpaired) electrons. The molecule has 5 heteroatoms. The van der Waals surface area contributed by atoms with Gasteiger partial charge in [0.2, 0.25) is 0 Å². The predicted octanol–water partition coefficient (Wildman–Crippen LogP) is 4.13. The van der Waals surface area contributed by atoms with Crippen molar-refractivity contribution >= 4 is 32.7 Å². The van der Waals surface area contributed by atoms with Crippen molar-refractivity contribution in [2.75, 3.05) is 5.32 Å². The van der Waals surface area contributed by atoms with E-state index in [1.807, 2.05) is 19.2 Å². The molecule has 0 bridgehead atoms. The van der Waals surface area contributed by atoms with E-state index < -0.39 is 0 Å². The van der Waals surface area contributed by atoms with Crippen molar-refractivity contribution in [3.63, 3.8) is 0 Å². The molecule has 0 atom stereocenters. The number of para-hydroxylation sites is 2. The average Bonchev–Trinajstić information content (AvgIpc) is 2.86. The molecule has 0 aliphatic rings. The summed E-state index contributed by atoms with van der Waals surface area (Å²) < 4.78 is 3.12. The lowest BCUT2D eigenvalue weighted by Gasteiger charge is -2.09. The lowest BCUT2D eigenvalue weighted by molar-refractivity contribution is 0.728. The van der Waals surface area contributed by atoms with Crippen molar-refractivity contribution < 1.29 is 0 Å². The Hall–Kier alpha value is -1.88. The Balaban J connectivity index is 1.86. The van der Waals surface area contributed by atoms with Crippen molar-refractivity contribution in [3.05, 3.63) is 52.5 Å². The maximum atomic E-state index is 4.71. The van der Waals surface area contributed by atoms with Gasteiger partial charge in [-0.25, -0.2) is 9.97 Å². The molecule has 21 heavy (non-hydrogen) atoms. The van der Waals surface area contributed by atoms with E-state index >= 15 is 0 Å². The first kappa shape index (κ1) is 14.1. The summed E-state index contributed by atoms with van der Waals surface area (Å²) in [7, 11) is 0. The third-order valence-corrected chi connectivity index (χ3v) is 4.35. The highest BCUT2D eigenvalue weighted by Crippen LogP contribution is 2.19. The van der Waals surface area contributed by atoms with Crippen LogP contribution in [0.3, 0.4) is 0 Å². The van der Waals surface area contributed by atoms with Gasteiger partial charge in [0.25, 0.3) is 0 Å². The van der Waals surface area contributed by atoms with Gasteiger partial charge in [-0.15, -0.1) is 0 Å². The highest BCUT2D eigenvalue weighted by Gasteiger charge is 2.08. The van der Waals surface area contributed by atoms with Crippen LogP contribution in [0.1, 0.15) is 18.3 Å². The number of nitrogens with one attached hydrogen (secondary N) is 1. The number of hydrogen-bond acceptors (Lipinski definition) is 3. The number of nitrogens with zero attached hydrogens (tertiary/aromatic N) is 3. The molecule has 0 aliphatic carbocycles. The van der Waals surface area contributed by atoms with Gasteiger partial charge in [-0.05, 0) is 53.5 Å². The minimum atomic E-state index is 0.686. The Kier molecular flexibility index (Phi) is 3.92. The van der Waals surface area contributed by atoms with Crippen LogP contribution in [0, 0.1) is 6.92 Å². The molecule has 2 aromatic heterocycles. The van der Waals surface area contributed by atoms with Gasteiger partial charge in [0.05, 0.1) is 29.5 Å². The van der Waals surface area contributed by atoms with Crippen molar-refractivity contribution in [2.45, 2.75) is 26.9 Å². The number of pyridine rings is 1. The molecule has 1 aromatic carbocycles. The quantitative estimate of drug-likeness (QED) is 0.723. The molecule has 0 aliphatic heterocycles. The zero-order valence-electron chi connectivity index (χ0n) is 12.1. The van der Waals surface area contributed by atoms with E-state index in [9.17, 15) is 0 Å². The average molecular weight is 345 g/mol. The van der Waals surface area contributed by atoms with E-state index in [2.05, 4.69) is 62.0 Å². The van der Waals surface area contributed by atoms with E-state index in [1.54, 1.807) is 0 Å². The number of anilines is 1. The first-order chi connectivity index (χ1) is 10.2. The Bertz CT molecular complexity index is 779. The zero-order valence-corrected chi connectivity index (χ0v) is 13.7. The van der Waals surface area contributed by atoms with Gasteiger partial charge in [-0.1, -0.05) is 12.1 Å². The van der Waals surface area contributed by atoms with Crippen LogP contribution in [0.5, 0.6) is 0 Å². The topological polar surface area (TPSA) is 42.7 Å². The highest BCUT2D eigenvalue weighted by molar-refractivity contribution is 9.10. The van der Waals surface area contributed by atoms with Crippen LogP contribution in [0.15, 0.2) is 41.1 Å². The first-order valence-electron chi connectivity index (χ1n) is 6.99. The Morgan fingerprint density at radius 1 is 1.29 bits per heavy atom. The molecule has 0 amide bonds. The summed E-state index contributed by atoms with van der Waals surface area (Å²) in [6.07, 6.45) is 1.83. The molecule has 108 valence electrons. The number of halogens is 1. The van der Waals surface area contributed by atoms with Crippen LogP contribution >= 0.6 is 15.9 Å². The maximum Gasteiger partial charge on any atom is 0.129 e. The van der Waals surface area contributed by atoms with E-state index in [-0.39, 0.29) is 0 Å². The standard InChI is InChI=1S/C16H17BrN4/c1-3-21-14-7-5-4-6-13(14)20-15(21)10-18-12-8-11(2)16(17)19-9-12/h4-9,18H,3,10H2,1-2H3. The molecule has 3 aromatic rings. The molecular weight excluding hydrogens is 328 g/mol. The molecule has 4 nitrogen and oxygen atoms in total. The number of fused-ring (bicyclic) bond motifs is 1. The predicted molar refractivity (Wildman–Crippen MR) is 89.4 cm³/mol. The monoisotopic (exact) mass is 344 g/mol. The minimum absolute atomic E-state index is 0.686. The van der Waals surface area contributed by atoms with Crippen LogP contribution in [0.2, 0.25) is 0 Å². The second-order valence-corrected chi connectivity index (χ2v) is 5.70. The molecule has 2 heterocycles. The molecule has 0 unspecified atom stereocenters.